The van der Waals surface area contributed by atoms with Crippen LogP contribution in [0.2, 0.25) is 0 Å². The fourth-order valence-electron chi connectivity index (χ4n) is 2.17. The van der Waals surface area contributed by atoms with Crippen molar-refractivity contribution in [1.82, 2.24) is 0 Å². The van der Waals surface area contributed by atoms with Gasteiger partial charge in [-0.1, -0.05) is 24.3 Å². The molecule has 1 heterocycles. The zero-order chi connectivity index (χ0) is 12.7. The molecule has 18 heavy (non-hydrogen) atoms. The molecule has 0 atom stereocenters. The van der Waals surface area contributed by atoms with E-state index in [1.165, 1.54) is 0 Å². The van der Waals surface area contributed by atoms with Crippen LogP contribution in [0.4, 0.5) is 0 Å². The zero-order valence-corrected chi connectivity index (χ0v) is 9.37. The Labute approximate surface area is 104 Å². The van der Waals surface area contributed by atoms with E-state index < -0.39 is 7.12 Å². The minimum atomic E-state index is -1.54. The molecule has 0 saturated carbocycles. The molecule has 3 rings (SSSR count). The van der Waals surface area contributed by atoms with Gasteiger partial charge in [0.2, 0.25) is 0 Å². The Morgan fingerprint density at radius 2 is 1.89 bits per heavy atom. The summed E-state index contributed by atoms with van der Waals surface area (Å²) in [6.45, 7) is 0. The molecular formula is C12H9B2O4. The maximum Gasteiger partial charge on any atom is 0.489 e. The summed E-state index contributed by atoms with van der Waals surface area (Å²) >= 11 is 0. The molecule has 2 aromatic carbocycles. The van der Waals surface area contributed by atoms with Crippen molar-refractivity contribution < 1.29 is 19.5 Å². The number of rotatable bonds is 2. The largest absolute Gasteiger partial charge is 0.489 e. The van der Waals surface area contributed by atoms with Gasteiger partial charge in [-0.05, 0) is 23.1 Å². The normalized spacial score (nSPS) is 11.1. The predicted molar refractivity (Wildman–Crippen MR) is 71.2 cm³/mol. The first kappa shape index (κ1) is 11.3. The molecule has 1 aromatic heterocycles. The van der Waals surface area contributed by atoms with E-state index in [0.717, 1.165) is 12.9 Å². The van der Waals surface area contributed by atoms with Crippen LogP contribution < -0.4 is 10.9 Å². The average molecular weight is 239 g/mol. The lowest BCUT2D eigenvalue weighted by atomic mass is 9.77. The van der Waals surface area contributed by atoms with Crippen molar-refractivity contribution in [1.29, 1.82) is 0 Å². The molecule has 0 unspecified atom stereocenters. The highest BCUT2D eigenvalue weighted by Gasteiger charge is 2.19. The zero-order valence-electron chi connectivity index (χ0n) is 9.37. The fraction of sp³-hybridized carbons (Fsp3) is 0. The van der Waals surface area contributed by atoms with Crippen LogP contribution in [0.5, 0.6) is 0 Å². The van der Waals surface area contributed by atoms with E-state index in [9.17, 15) is 10.0 Å². The van der Waals surface area contributed by atoms with Gasteiger partial charge in [-0.2, -0.15) is 0 Å². The Bertz CT molecular complexity index is 720. The first-order valence-corrected chi connectivity index (χ1v) is 5.49. The Morgan fingerprint density at radius 3 is 2.61 bits per heavy atom. The number of furan rings is 1. The molecule has 0 amide bonds. The Kier molecular flexibility index (Phi) is 2.63. The highest BCUT2D eigenvalue weighted by atomic mass is 16.4. The van der Waals surface area contributed by atoms with Gasteiger partial charge >= 0.3 is 14.6 Å². The summed E-state index contributed by atoms with van der Waals surface area (Å²) in [7, 11) is -0.549. The first-order valence-electron chi connectivity index (χ1n) is 5.49. The highest BCUT2D eigenvalue weighted by molar-refractivity contribution is 6.62. The fourth-order valence-corrected chi connectivity index (χ4v) is 2.17. The summed E-state index contributed by atoms with van der Waals surface area (Å²) in [4.78, 5) is 0. The second kappa shape index (κ2) is 4.17. The van der Waals surface area contributed by atoms with Crippen molar-refractivity contribution in [3.63, 3.8) is 0 Å². The monoisotopic (exact) mass is 239 g/mol. The molecule has 1 radical (unpaired) electrons. The van der Waals surface area contributed by atoms with Crippen LogP contribution in [0.15, 0.2) is 40.8 Å². The van der Waals surface area contributed by atoms with Crippen molar-refractivity contribution in [2.75, 3.05) is 0 Å². The number of benzene rings is 2. The van der Waals surface area contributed by atoms with Crippen molar-refractivity contribution >= 4 is 47.5 Å². The second-order valence-electron chi connectivity index (χ2n) is 4.08. The SMILES string of the molecule is O[B]c1ccc2c(c1)oc1cccc(B(O)O)c12. The highest BCUT2D eigenvalue weighted by Crippen LogP contribution is 2.26. The molecule has 6 heteroatoms. The van der Waals surface area contributed by atoms with Crippen molar-refractivity contribution in [2.24, 2.45) is 0 Å². The Balaban J connectivity index is 2.41. The minimum absolute atomic E-state index is 0.409. The lowest BCUT2D eigenvalue weighted by Gasteiger charge is -2.00. The maximum absolute atomic E-state index is 9.37. The molecule has 3 aromatic rings. The Morgan fingerprint density at radius 1 is 1.06 bits per heavy atom. The van der Waals surface area contributed by atoms with E-state index in [2.05, 4.69) is 0 Å². The standard InChI is InChI=1S/C12H9B2O4/c15-13-7-4-5-8-11(6-7)18-10-3-1-2-9(12(8)10)14(16)17/h1-6,15-17H. The van der Waals surface area contributed by atoms with Gasteiger partial charge in [0.25, 0.3) is 0 Å². The van der Waals surface area contributed by atoms with Gasteiger partial charge in [0, 0.05) is 10.8 Å². The molecule has 4 nitrogen and oxygen atoms in total. The molecule has 0 aliphatic rings. The molecule has 3 N–H and O–H groups in total. The van der Waals surface area contributed by atoms with Crippen LogP contribution >= 0.6 is 0 Å². The van der Waals surface area contributed by atoms with Crippen LogP contribution in [-0.2, 0) is 0 Å². The summed E-state index contributed by atoms with van der Waals surface area (Å²) in [5.41, 5.74) is 2.23. The van der Waals surface area contributed by atoms with E-state index in [4.69, 9.17) is 9.44 Å². The van der Waals surface area contributed by atoms with E-state index in [1.54, 1.807) is 36.4 Å². The average Bonchev–Trinajstić information content (AvgIpc) is 2.75. The van der Waals surface area contributed by atoms with Crippen LogP contribution in [-0.4, -0.2) is 29.7 Å². The predicted octanol–water partition coefficient (Wildman–Crippen LogP) is -0.497. The van der Waals surface area contributed by atoms with Gasteiger partial charge in [0.05, 0.1) is 0 Å². The smallest absolute Gasteiger partial charge is 0.456 e. The van der Waals surface area contributed by atoms with Gasteiger partial charge < -0.3 is 19.5 Å². The molecule has 0 fully saturated rings. The van der Waals surface area contributed by atoms with Crippen molar-refractivity contribution in [3.8, 4) is 0 Å². The quantitative estimate of drug-likeness (QED) is 0.527. The molecule has 0 aliphatic heterocycles. The number of hydrogen-bond donors (Lipinski definition) is 3. The van der Waals surface area contributed by atoms with Crippen LogP contribution in [0.3, 0.4) is 0 Å². The number of fused-ring (bicyclic) bond motifs is 3. The van der Waals surface area contributed by atoms with E-state index in [1.807, 2.05) is 0 Å². The summed E-state index contributed by atoms with van der Waals surface area (Å²) in [5.74, 6) is 0. The molecule has 0 bridgehead atoms. The van der Waals surface area contributed by atoms with E-state index in [0.29, 0.717) is 27.5 Å². The lowest BCUT2D eigenvalue weighted by molar-refractivity contribution is 0.426. The molecule has 87 valence electrons. The van der Waals surface area contributed by atoms with Gasteiger partial charge in [-0.15, -0.1) is 0 Å². The van der Waals surface area contributed by atoms with Crippen LogP contribution in [0.25, 0.3) is 21.9 Å². The summed E-state index contributed by atoms with van der Waals surface area (Å²) in [6, 6.07) is 10.3. The first-order chi connectivity index (χ1) is 8.70. The van der Waals surface area contributed by atoms with Crippen molar-refractivity contribution in [2.45, 2.75) is 0 Å². The summed E-state index contributed by atoms with van der Waals surface area (Å²) in [6.07, 6.45) is 0. The van der Waals surface area contributed by atoms with Gasteiger partial charge in [0.15, 0.2) is 0 Å². The summed E-state index contributed by atoms with van der Waals surface area (Å²) < 4.78 is 5.63. The molecular weight excluding hydrogens is 230 g/mol. The maximum atomic E-state index is 9.37. The minimum Gasteiger partial charge on any atom is -0.456 e. The third-order valence-corrected chi connectivity index (χ3v) is 2.98. The van der Waals surface area contributed by atoms with Gasteiger partial charge in [-0.3, -0.25) is 0 Å². The summed E-state index contributed by atoms with van der Waals surface area (Å²) in [5, 5.41) is 29.2. The topological polar surface area (TPSA) is 73.8 Å². The molecule has 0 saturated heterocycles. The second-order valence-corrected chi connectivity index (χ2v) is 4.08. The lowest BCUT2D eigenvalue weighted by Crippen LogP contribution is -2.30. The van der Waals surface area contributed by atoms with Crippen LogP contribution in [0.1, 0.15) is 0 Å². The van der Waals surface area contributed by atoms with Crippen molar-refractivity contribution in [3.05, 3.63) is 36.4 Å². The Hall–Kier alpha value is -1.75. The van der Waals surface area contributed by atoms with Crippen LogP contribution in [0, 0.1) is 0 Å². The van der Waals surface area contributed by atoms with E-state index >= 15 is 0 Å². The van der Waals surface area contributed by atoms with Gasteiger partial charge in [0.1, 0.15) is 11.2 Å². The third kappa shape index (κ3) is 1.62. The molecule has 0 spiro atoms. The van der Waals surface area contributed by atoms with Gasteiger partial charge in [-0.25, -0.2) is 0 Å². The van der Waals surface area contributed by atoms with E-state index in [-0.39, 0.29) is 0 Å². The molecule has 0 aliphatic carbocycles. The number of hydrogen-bond acceptors (Lipinski definition) is 4. The third-order valence-electron chi connectivity index (χ3n) is 2.98.